The lowest BCUT2D eigenvalue weighted by molar-refractivity contribution is 0.239. The molecule has 3 heterocycles. The molecular weight excluding hydrogens is 327 g/mol. The highest BCUT2D eigenvalue weighted by Gasteiger charge is 2.28. The maximum Gasteiger partial charge on any atom is 0.123 e. The standard InChI is InChI=1S/C21H23FN4/c1-15-11-17(12-16-4-6-18(22)7-5-16)13-19(25-15)20-3-2-10-26(20)14-21-23-8-9-24-21/h4-9,11,13,20H,2-3,10,12,14H2,1H3,(H,23,24)/t20-/m1/s1. The van der Waals surface area contributed by atoms with Crippen molar-refractivity contribution < 1.29 is 4.39 Å². The molecule has 2 aromatic heterocycles. The lowest BCUT2D eigenvalue weighted by Gasteiger charge is -2.24. The van der Waals surface area contributed by atoms with E-state index in [2.05, 4.69) is 27.0 Å². The molecule has 1 atom stereocenters. The third-order valence-electron chi connectivity index (χ3n) is 4.97. The minimum Gasteiger partial charge on any atom is -0.348 e. The molecule has 0 bridgehead atoms. The van der Waals surface area contributed by atoms with E-state index in [0.29, 0.717) is 6.04 Å². The molecule has 1 aromatic carbocycles. The summed E-state index contributed by atoms with van der Waals surface area (Å²) < 4.78 is 13.1. The topological polar surface area (TPSA) is 44.8 Å². The minimum atomic E-state index is -0.195. The monoisotopic (exact) mass is 350 g/mol. The molecule has 1 saturated heterocycles. The second-order valence-electron chi connectivity index (χ2n) is 7.01. The van der Waals surface area contributed by atoms with Crippen molar-refractivity contribution in [2.45, 2.75) is 38.8 Å². The van der Waals surface area contributed by atoms with Crippen molar-refractivity contribution in [1.82, 2.24) is 19.9 Å². The molecule has 3 aromatic rings. The first kappa shape index (κ1) is 16.9. The van der Waals surface area contributed by atoms with Crippen LogP contribution in [0.2, 0.25) is 0 Å². The number of halogens is 1. The van der Waals surface area contributed by atoms with Gasteiger partial charge in [-0.25, -0.2) is 9.37 Å². The summed E-state index contributed by atoms with van der Waals surface area (Å²) in [6.07, 6.45) is 6.75. The van der Waals surface area contributed by atoms with Crippen molar-refractivity contribution in [2.24, 2.45) is 0 Å². The van der Waals surface area contributed by atoms with Gasteiger partial charge in [0.05, 0.1) is 18.3 Å². The molecule has 26 heavy (non-hydrogen) atoms. The van der Waals surface area contributed by atoms with E-state index in [-0.39, 0.29) is 5.82 Å². The fourth-order valence-electron chi connectivity index (χ4n) is 3.81. The first-order valence-electron chi connectivity index (χ1n) is 9.11. The molecule has 0 radical (unpaired) electrons. The predicted octanol–water partition coefficient (Wildman–Crippen LogP) is 4.18. The molecule has 1 fully saturated rings. The van der Waals surface area contributed by atoms with E-state index < -0.39 is 0 Å². The largest absolute Gasteiger partial charge is 0.348 e. The van der Waals surface area contributed by atoms with Gasteiger partial charge < -0.3 is 4.98 Å². The summed E-state index contributed by atoms with van der Waals surface area (Å²) in [5, 5.41) is 0. The Labute approximate surface area is 153 Å². The number of hydrogen-bond acceptors (Lipinski definition) is 3. The molecular formula is C21H23FN4. The zero-order valence-corrected chi connectivity index (χ0v) is 15.0. The van der Waals surface area contributed by atoms with Gasteiger partial charge in [0, 0.05) is 18.1 Å². The molecule has 1 N–H and O–H groups in total. The summed E-state index contributed by atoms with van der Waals surface area (Å²) >= 11 is 0. The van der Waals surface area contributed by atoms with Gasteiger partial charge in [0.25, 0.3) is 0 Å². The first-order valence-corrected chi connectivity index (χ1v) is 9.11. The number of hydrogen-bond donors (Lipinski definition) is 1. The number of imidazole rings is 1. The lowest BCUT2D eigenvalue weighted by atomic mass is 10.0. The molecule has 0 amide bonds. The number of rotatable bonds is 5. The van der Waals surface area contributed by atoms with Crippen molar-refractivity contribution in [1.29, 1.82) is 0 Å². The highest BCUT2D eigenvalue weighted by Crippen LogP contribution is 2.32. The number of H-pyrrole nitrogens is 1. The van der Waals surface area contributed by atoms with Crippen LogP contribution in [0.4, 0.5) is 4.39 Å². The Morgan fingerprint density at radius 1 is 1.19 bits per heavy atom. The molecule has 5 heteroatoms. The fraction of sp³-hybridized carbons (Fsp3) is 0.333. The molecule has 0 saturated carbocycles. The lowest BCUT2D eigenvalue weighted by Crippen LogP contribution is -2.24. The van der Waals surface area contributed by atoms with E-state index in [9.17, 15) is 4.39 Å². The summed E-state index contributed by atoms with van der Waals surface area (Å²) in [5.74, 6) is 0.802. The van der Waals surface area contributed by atoms with Gasteiger partial charge in [0.15, 0.2) is 0 Å². The minimum absolute atomic E-state index is 0.195. The zero-order valence-electron chi connectivity index (χ0n) is 15.0. The summed E-state index contributed by atoms with van der Waals surface area (Å²) in [6, 6.07) is 11.4. The van der Waals surface area contributed by atoms with Crippen LogP contribution in [0.1, 0.15) is 47.2 Å². The van der Waals surface area contributed by atoms with Crippen LogP contribution < -0.4 is 0 Å². The van der Waals surface area contributed by atoms with Gasteiger partial charge >= 0.3 is 0 Å². The highest BCUT2D eigenvalue weighted by molar-refractivity contribution is 5.30. The molecule has 0 aliphatic carbocycles. The van der Waals surface area contributed by atoms with Gasteiger partial charge in [-0.2, -0.15) is 0 Å². The van der Waals surface area contributed by atoms with Gasteiger partial charge in [-0.1, -0.05) is 12.1 Å². The average Bonchev–Trinajstić information content (AvgIpc) is 3.29. The van der Waals surface area contributed by atoms with Gasteiger partial charge in [0.2, 0.25) is 0 Å². The molecule has 134 valence electrons. The number of aryl methyl sites for hydroxylation is 1. The van der Waals surface area contributed by atoms with Crippen LogP contribution >= 0.6 is 0 Å². The second kappa shape index (κ2) is 7.38. The number of nitrogens with zero attached hydrogens (tertiary/aromatic N) is 3. The van der Waals surface area contributed by atoms with E-state index in [1.807, 2.05) is 25.3 Å². The molecule has 1 aliphatic heterocycles. The Kier molecular flexibility index (Phi) is 4.80. The number of likely N-dealkylation sites (tertiary alicyclic amines) is 1. The van der Waals surface area contributed by atoms with Crippen LogP contribution in [-0.2, 0) is 13.0 Å². The van der Waals surface area contributed by atoms with Gasteiger partial charge in [-0.05, 0) is 68.1 Å². The number of pyridine rings is 1. The number of aromatic nitrogens is 3. The molecule has 1 aliphatic rings. The van der Waals surface area contributed by atoms with E-state index in [4.69, 9.17) is 4.98 Å². The number of nitrogens with one attached hydrogen (secondary N) is 1. The van der Waals surface area contributed by atoms with Crippen LogP contribution in [-0.4, -0.2) is 26.4 Å². The average molecular weight is 350 g/mol. The van der Waals surface area contributed by atoms with Crippen molar-refractivity contribution in [3.8, 4) is 0 Å². The summed E-state index contributed by atoms with van der Waals surface area (Å²) in [5.41, 5.74) is 4.50. The predicted molar refractivity (Wildman–Crippen MR) is 99.2 cm³/mol. The van der Waals surface area contributed by atoms with Gasteiger partial charge in [-0.3, -0.25) is 9.88 Å². The smallest absolute Gasteiger partial charge is 0.123 e. The maximum atomic E-state index is 13.1. The quantitative estimate of drug-likeness (QED) is 0.751. The van der Waals surface area contributed by atoms with Crippen LogP contribution in [0.5, 0.6) is 0 Å². The molecule has 4 rings (SSSR count). The van der Waals surface area contributed by atoms with E-state index in [0.717, 1.165) is 48.7 Å². The molecule has 0 spiro atoms. The third-order valence-corrected chi connectivity index (χ3v) is 4.97. The third kappa shape index (κ3) is 3.83. The fourth-order valence-corrected chi connectivity index (χ4v) is 3.81. The van der Waals surface area contributed by atoms with Crippen LogP contribution in [0, 0.1) is 12.7 Å². The highest BCUT2D eigenvalue weighted by atomic mass is 19.1. The maximum absolute atomic E-state index is 13.1. The van der Waals surface area contributed by atoms with E-state index >= 15 is 0 Å². The normalized spacial score (nSPS) is 17.7. The Morgan fingerprint density at radius 2 is 2.04 bits per heavy atom. The second-order valence-corrected chi connectivity index (χ2v) is 7.01. The number of aromatic amines is 1. The zero-order chi connectivity index (χ0) is 17.9. The van der Waals surface area contributed by atoms with Crippen LogP contribution in [0.3, 0.4) is 0 Å². The Bertz CT molecular complexity index is 858. The first-order chi connectivity index (χ1) is 12.7. The summed E-state index contributed by atoms with van der Waals surface area (Å²) in [7, 11) is 0. The van der Waals surface area contributed by atoms with Crippen molar-refractivity contribution in [2.75, 3.05) is 6.54 Å². The molecule has 0 unspecified atom stereocenters. The summed E-state index contributed by atoms with van der Waals surface area (Å²) in [4.78, 5) is 14.8. The van der Waals surface area contributed by atoms with Crippen molar-refractivity contribution >= 4 is 0 Å². The molecule has 4 nitrogen and oxygen atoms in total. The van der Waals surface area contributed by atoms with Crippen LogP contribution in [0.25, 0.3) is 0 Å². The Hall–Kier alpha value is -2.53. The Balaban J connectivity index is 1.55. The van der Waals surface area contributed by atoms with Gasteiger partial charge in [-0.15, -0.1) is 0 Å². The van der Waals surface area contributed by atoms with Crippen molar-refractivity contribution in [3.05, 3.63) is 82.9 Å². The van der Waals surface area contributed by atoms with E-state index in [1.54, 1.807) is 6.20 Å². The van der Waals surface area contributed by atoms with Crippen LogP contribution in [0.15, 0.2) is 48.8 Å². The number of benzene rings is 1. The summed E-state index contributed by atoms with van der Waals surface area (Å²) in [6.45, 7) is 3.93. The Morgan fingerprint density at radius 3 is 2.81 bits per heavy atom. The van der Waals surface area contributed by atoms with Gasteiger partial charge in [0.1, 0.15) is 11.6 Å². The van der Waals surface area contributed by atoms with E-state index in [1.165, 1.54) is 24.1 Å². The van der Waals surface area contributed by atoms with Crippen molar-refractivity contribution in [3.63, 3.8) is 0 Å². The SMILES string of the molecule is Cc1cc(Cc2ccc(F)cc2)cc([C@H]2CCCN2Cc2ncc[nH]2)n1.